The Kier molecular flexibility index (Phi) is 11.9. The summed E-state index contributed by atoms with van der Waals surface area (Å²) in [7, 11) is 4.81. The topological polar surface area (TPSA) is 82.6 Å². The van der Waals surface area contributed by atoms with E-state index < -0.39 is 23.9 Å². The van der Waals surface area contributed by atoms with Crippen molar-refractivity contribution in [3.63, 3.8) is 0 Å². The van der Waals surface area contributed by atoms with E-state index in [-0.39, 0.29) is 16.8 Å². The van der Waals surface area contributed by atoms with Crippen LogP contribution >= 0.6 is 11.8 Å². The Morgan fingerprint density at radius 3 is 2.38 bits per heavy atom. The van der Waals surface area contributed by atoms with E-state index in [2.05, 4.69) is 24.4 Å². The maximum absolute atomic E-state index is 14.5. The third-order valence-electron chi connectivity index (χ3n) is 4.04. The minimum atomic E-state index is -4.56. The third-order valence-corrected chi connectivity index (χ3v) is 5.04. The molecule has 2 rings (SSSR count). The van der Waals surface area contributed by atoms with Crippen LogP contribution in [0.4, 0.5) is 22.0 Å². The quantitative estimate of drug-likeness (QED) is 0.312. The van der Waals surface area contributed by atoms with Gasteiger partial charge < -0.3 is 15.2 Å². The van der Waals surface area contributed by atoms with Crippen molar-refractivity contribution in [1.82, 2.24) is 9.97 Å². The number of hydrogen-bond acceptors (Lipinski definition) is 6. The molecule has 0 saturated carbocycles. The fraction of sp³-hybridized carbons (Fsp3) is 0.409. The van der Waals surface area contributed by atoms with E-state index >= 15 is 0 Å². The first-order valence-electron chi connectivity index (χ1n) is 9.91. The SMILES string of the molecule is CN=C(N)SC(C)Cc1cc(/C=C(\F)c2cnc(OC(C)C(F)(F)F)cn2)ccc1F.COC. The molecule has 0 fully saturated rings. The molecule has 1 heterocycles. The Bertz CT molecular complexity index is 969. The van der Waals surface area contributed by atoms with Crippen molar-refractivity contribution in [2.24, 2.45) is 10.7 Å². The number of rotatable bonds is 7. The molecule has 12 heteroatoms. The number of alkyl halides is 3. The molecule has 2 aromatic rings. The fourth-order valence-electron chi connectivity index (χ4n) is 2.42. The summed E-state index contributed by atoms with van der Waals surface area (Å²) in [6.45, 7) is 2.69. The number of amidine groups is 1. The molecule has 6 nitrogen and oxygen atoms in total. The van der Waals surface area contributed by atoms with Gasteiger partial charge in [-0.15, -0.1) is 0 Å². The van der Waals surface area contributed by atoms with Gasteiger partial charge in [-0.1, -0.05) is 24.8 Å². The van der Waals surface area contributed by atoms with E-state index in [1.54, 1.807) is 21.3 Å². The predicted molar refractivity (Wildman–Crippen MR) is 125 cm³/mol. The van der Waals surface area contributed by atoms with Gasteiger partial charge in [0, 0.05) is 26.5 Å². The number of hydrogen-bond donors (Lipinski definition) is 1. The van der Waals surface area contributed by atoms with E-state index in [4.69, 9.17) is 5.73 Å². The first-order valence-corrected chi connectivity index (χ1v) is 10.8. The highest BCUT2D eigenvalue weighted by atomic mass is 32.2. The summed E-state index contributed by atoms with van der Waals surface area (Å²) in [5, 5.41) is 0.324. The van der Waals surface area contributed by atoms with Crippen LogP contribution in [0.1, 0.15) is 30.7 Å². The molecule has 0 radical (unpaired) electrons. The molecule has 0 spiro atoms. The van der Waals surface area contributed by atoms with Crippen molar-refractivity contribution in [3.8, 4) is 5.88 Å². The number of halogens is 5. The lowest BCUT2D eigenvalue weighted by atomic mass is 10.1. The van der Waals surface area contributed by atoms with Crippen LogP contribution in [0.25, 0.3) is 11.9 Å². The summed E-state index contributed by atoms with van der Waals surface area (Å²) in [6.07, 6.45) is -3.30. The first kappa shape index (κ1) is 29.3. The van der Waals surface area contributed by atoms with Crippen LogP contribution < -0.4 is 10.5 Å². The Morgan fingerprint density at radius 1 is 1.21 bits per heavy atom. The van der Waals surface area contributed by atoms with Crippen LogP contribution in [-0.2, 0) is 11.2 Å². The minimum Gasteiger partial charge on any atom is -0.464 e. The van der Waals surface area contributed by atoms with Crippen molar-refractivity contribution < 1.29 is 31.4 Å². The molecule has 0 bridgehead atoms. The largest absolute Gasteiger partial charge is 0.464 e. The van der Waals surface area contributed by atoms with Gasteiger partial charge in [0.2, 0.25) is 5.88 Å². The van der Waals surface area contributed by atoms with Gasteiger partial charge in [-0.05, 0) is 42.7 Å². The van der Waals surface area contributed by atoms with Crippen molar-refractivity contribution >= 4 is 28.8 Å². The van der Waals surface area contributed by atoms with E-state index in [0.29, 0.717) is 22.7 Å². The monoisotopic (exact) mass is 506 g/mol. The summed E-state index contributed by atoms with van der Waals surface area (Å²) in [4.78, 5) is 11.2. The number of aliphatic imine (C=N–C) groups is 1. The van der Waals surface area contributed by atoms with E-state index in [9.17, 15) is 22.0 Å². The van der Waals surface area contributed by atoms with Gasteiger partial charge in [0.15, 0.2) is 17.1 Å². The molecule has 0 aliphatic heterocycles. The van der Waals surface area contributed by atoms with Gasteiger partial charge in [0.05, 0.1) is 12.4 Å². The molecule has 188 valence electrons. The molecule has 0 aliphatic carbocycles. The normalized spacial score (nSPS) is 14.2. The van der Waals surface area contributed by atoms with Gasteiger partial charge in [0.25, 0.3) is 0 Å². The van der Waals surface area contributed by atoms with Gasteiger partial charge in [-0.3, -0.25) is 4.99 Å². The Hall–Kier alpha value is -2.73. The second kappa shape index (κ2) is 13.9. The zero-order valence-electron chi connectivity index (χ0n) is 19.4. The molecular formula is C22H27F5N4O2S. The highest BCUT2D eigenvalue weighted by molar-refractivity contribution is 8.14. The minimum absolute atomic E-state index is 0.0558. The van der Waals surface area contributed by atoms with Gasteiger partial charge in [-0.2, -0.15) is 13.2 Å². The maximum Gasteiger partial charge on any atom is 0.425 e. The molecule has 0 aliphatic rings. The van der Waals surface area contributed by atoms with E-state index in [1.165, 1.54) is 30.0 Å². The summed E-state index contributed by atoms with van der Waals surface area (Å²) in [5.41, 5.74) is 6.23. The Morgan fingerprint density at radius 2 is 1.85 bits per heavy atom. The van der Waals surface area contributed by atoms with Crippen LogP contribution in [0, 0.1) is 5.82 Å². The third kappa shape index (κ3) is 10.0. The molecule has 2 N–H and O–H groups in total. The number of methoxy groups -OCH3 is 1. The van der Waals surface area contributed by atoms with Crippen molar-refractivity contribution in [2.75, 3.05) is 21.3 Å². The van der Waals surface area contributed by atoms with Crippen molar-refractivity contribution in [3.05, 3.63) is 53.2 Å². The van der Waals surface area contributed by atoms with Crippen LogP contribution in [0.2, 0.25) is 0 Å². The fourth-order valence-corrected chi connectivity index (χ4v) is 3.20. The average Bonchev–Trinajstić information content (AvgIpc) is 2.76. The van der Waals surface area contributed by atoms with Gasteiger partial charge in [0.1, 0.15) is 11.5 Å². The lowest BCUT2D eigenvalue weighted by Gasteiger charge is -2.16. The van der Waals surface area contributed by atoms with Crippen LogP contribution in [0.5, 0.6) is 5.88 Å². The van der Waals surface area contributed by atoms with Gasteiger partial charge >= 0.3 is 6.18 Å². The Labute approximate surface area is 199 Å². The van der Waals surface area contributed by atoms with Crippen molar-refractivity contribution in [1.29, 1.82) is 0 Å². The lowest BCUT2D eigenvalue weighted by Crippen LogP contribution is -2.31. The molecule has 2 atom stereocenters. The average molecular weight is 507 g/mol. The predicted octanol–water partition coefficient (Wildman–Crippen LogP) is 5.28. The number of nitrogens with two attached hydrogens (primary N) is 1. The summed E-state index contributed by atoms with van der Waals surface area (Å²) < 4.78 is 75.1. The second-order valence-corrected chi connectivity index (χ2v) is 8.45. The number of thioether (sulfide) groups is 1. The molecule has 1 aromatic carbocycles. The zero-order chi connectivity index (χ0) is 25.9. The van der Waals surface area contributed by atoms with Gasteiger partial charge in [-0.25, -0.2) is 18.7 Å². The number of aromatic nitrogens is 2. The number of benzene rings is 1. The maximum atomic E-state index is 14.5. The summed E-state index contributed by atoms with van der Waals surface area (Å²) >= 11 is 1.30. The molecule has 0 saturated heterocycles. The van der Waals surface area contributed by atoms with Crippen LogP contribution in [0.3, 0.4) is 0 Å². The van der Waals surface area contributed by atoms with Crippen LogP contribution in [-0.4, -0.2) is 53.9 Å². The first-order chi connectivity index (χ1) is 15.9. The number of ether oxygens (including phenoxy) is 2. The van der Waals surface area contributed by atoms with E-state index in [0.717, 1.165) is 25.4 Å². The second-order valence-electron chi connectivity index (χ2n) is 6.99. The highest BCUT2D eigenvalue weighted by Crippen LogP contribution is 2.25. The molecule has 2 unspecified atom stereocenters. The van der Waals surface area contributed by atoms with Crippen molar-refractivity contribution in [2.45, 2.75) is 37.8 Å². The summed E-state index contributed by atoms with van der Waals surface area (Å²) in [6, 6.07) is 4.12. The Balaban J connectivity index is 0.00000182. The highest BCUT2D eigenvalue weighted by Gasteiger charge is 2.38. The van der Waals surface area contributed by atoms with E-state index in [1.807, 2.05) is 6.92 Å². The molecular weight excluding hydrogens is 479 g/mol. The lowest BCUT2D eigenvalue weighted by molar-refractivity contribution is -0.190. The van der Waals surface area contributed by atoms with Crippen LogP contribution in [0.15, 0.2) is 35.6 Å². The molecule has 1 aromatic heterocycles. The summed E-state index contributed by atoms with van der Waals surface area (Å²) in [5.74, 6) is -1.60. The molecule has 0 amide bonds. The zero-order valence-corrected chi connectivity index (χ0v) is 20.2. The standard InChI is InChI=1S/C20H21F5N4OS.C2H6O/c1-11(31-19(26)27-3)6-14-7-13(4-5-15(14)21)8-16(22)17-9-29-18(10-28-17)30-12(2)20(23,24)25;1-3-2/h4-5,7-12H,6H2,1-3H3,(H2,26,27);1-2H3/b16-8-;. The smallest absolute Gasteiger partial charge is 0.425 e. The number of nitrogens with zero attached hydrogens (tertiary/aromatic N) is 3. The molecule has 34 heavy (non-hydrogen) atoms.